The molecule has 0 unspecified atom stereocenters. The van der Waals surface area contributed by atoms with Crippen LogP contribution >= 0.6 is 23.7 Å². The molecular weight excluding hydrogens is 423 g/mol. The maximum Gasteiger partial charge on any atom is 0.261 e. The maximum atomic E-state index is 13.7. The van der Waals surface area contributed by atoms with E-state index in [0.29, 0.717) is 11.4 Å². The minimum Gasteiger partial charge on any atom is -0.347 e. The van der Waals surface area contributed by atoms with Crippen molar-refractivity contribution in [3.05, 3.63) is 71.0 Å². The van der Waals surface area contributed by atoms with E-state index in [2.05, 4.69) is 22.3 Å². The number of piperidine rings is 1. The van der Waals surface area contributed by atoms with E-state index in [1.807, 2.05) is 25.2 Å². The Morgan fingerprint density at radius 1 is 1.40 bits per heavy atom. The Labute approximate surface area is 185 Å². The summed E-state index contributed by atoms with van der Waals surface area (Å²) < 4.78 is 15.5. The van der Waals surface area contributed by atoms with Crippen molar-refractivity contribution in [3.8, 4) is 10.6 Å². The molecule has 1 fully saturated rings. The monoisotopic (exact) mass is 446 g/mol. The standard InChI is InChI=1S/C22H23FN4OS.ClH/c1-3-14-12-25-27(2)21(14)19-7-8-20(29-19)22(28)26-18-13-24-10-9-17(18)15-5-4-6-16(23)11-15;/h3-8,11-12,17-18,24H,1,9-10,13H2,2H3,(H,26,28);1H/t17-,18+;/m0./s1. The highest BCUT2D eigenvalue weighted by atomic mass is 35.5. The number of carbonyl (C=O) groups excluding carboxylic acids is 1. The highest BCUT2D eigenvalue weighted by molar-refractivity contribution is 7.17. The predicted molar refractivity (Wildman–Crippen MR) is 122 cm³/mol. The number of rotatable bonds is 5. The summed E-state index contributed by atoms with van der Waals surface area (Å²) in [5.74, 6) is -0.276. The average molecular weight is 447 g/mol. The maximum absolute atomic E-state index is 13.7. The lowest BCUT2D eigenvalue weighted by atomic mass is 9.86. The van der Waals surface area contributed by atoms with E-state index in [0.717, 1.165) is 34.7 Å². The summed E-state index contributed by atoms with van der Waals surface area (Å²) in [5, 5.41) is 10.8. The van der Waals surface area contributed by atoms with Crippen molar-refractivity contribution in [1.82, 2.24) is 20.4 Å². The SMILES string of the molecule is C=Cc1cnn(C)c1-c1ccc(C(=O)N[C@@H]2CNCC[C@H]2c2cccc(F)c2)s1.Cl. The summed E-state index contributed by atoms with van der Waals surface area (Å²) in [6.45, 7) is 5.34. The highest BCUT2D eigenvalue weighted by Crippen LogP contribution is 2.32. The van der Waals surface area contributed by atoms with Crippen LogP contribution in [-0.2, 0) is 7.05 Å². The van der Waals surface area contributed by atoms with E-state index in [1.54, 1.807) is 29.1 Å². The summed E-state index contributed by atoms with van der Waals surface area (Å²) in [6, 6.07) is 10.3. The number of benzene rings is 1. The molecule has 8 heteroatoms. The highest BCUT2D eigenvalue weighted by Gasteiger charge is 2.28. The van der Waals surface area contributed by atoms with Crippen molar-refractivity contribution in [1.29, 1.82) is 0 Å². The molecule has 1 aliphatic rings. The Balaban J connectivity index is 0.00000256. The Kier molecular flexibility index (Phi) is 7.07. The van der Waals surface area contributed by atoms with E-state index >= 15 is 0 Å². The second-order valence-corrected chi connectivity index (χ2v) is 8.26. The second kappa shape index (κ2) is 9.55. The fourth-order valence-corrected chi connectivity index (χ4v) is 4.89. The summed E-state index contributed by atoms with van der Waals surface area (Å²) in [5.41, 5.74) is 2.80. The van der Waals surface area contributed by atoms with Crippen LogP contribution in [0.4, 0.5) is 4.39 Å². The number of hydrogen-bond acceptors (Lipinski definition) is 4. The molecule has 0 saturated carbocycles. The molecule has 0 aliphatic carbocycles. The third-order valence-corrected chi connectivity index (χ3v) is 6.42. The van der Waals surface area contributed by atoms with Crippen molar-refractivity contribution in [2.45, 2.75) is 18.4 Å². The molecule has 1 aliphatic heterocycles. The molecule has 5 nitrogen and oxygen atoms in total. The number of nitrogens with zero attached hydrogens (tertiary/aromatic N) is 2. The van der Waals surface area contributed by atoms with Crippen LogP contribution in [0.1, 0.15) is 33.1 Å². The van der Waals surface area contributed by atoms with Crippen LogP contribution in [0.25, 0.3) is 16.6 Å². The molecule has 2 atom stereocenters. The summed E-state index contributed by atoms with van der Waals surface area (Å²) >= 11 is 1.43. The average Bonchev–Trinajstić information content (AvgIpc) is 3.34. The largest absolute Gasteiger partial charge is 0.347 e. The molecule has 1 amide bonds. The molecule has 1 saturated heterocycles. The van der Waals surface area contributed by atoms with E-state index in [-0.39, 0.29) is 36.1 Å². The van der Waals surface area contributed by atoms with Crippen LogP contribution in [0.15, 0.2) is 49.2 Å². The fraction of sp³-hybridized carbons (Fsp3) is 0.273. The van der Waals surface area contributed by atoms with Gasteiger partial charge < -0.3 is 10.6 Å². The molecule has 4 rings (SSSR count). The van der Waals surface area contributed by atoms with Crippen molar-refractivity contribution in [2.24, 2.45) is 7.05 Å². The predicted octanol–water partition coefficient (Wildman–Crippen LogP) is 4.23. The normalized spacial score (nSPS) is 18.5. The molecule has 3 aromatic rings. The Bertz CT molecular complexity index is 1050. The van der Waals surface area contributed by atoms with E-state index in [9.17, 15) is 9.18 Å². The Morgan fingerprint density at radius 2 is 2.23 bits per heavy atom. The quantitative estimate of drug-likeness (QED) is 0.616. The first-order valence-electron chi connectivity index (χ1n) is 9.58. The number of nitrogens with one attached hydrogen (secondary N) is 2. The lowest BCUT2D eigenvalue weighted by Gasteiger charge is -2.33. The number of thiophene rings is 1. The van der Waals surface area contributed by atoms with Crippen LogP contribution in [0.3, 0.4) is 0 Å². The van der Waals surface area contributed by atoms with Gasteiger partial charge in [-0.1, -0.05) is 24.8 Å². The van der Waals surface area contributed by atoms with Crippen molar-refractivity contribution in [3.63, 3.8) is 0 Å². The van der Waals surface area contributed by atoms with Gasteiger partial charge in [0.05, 0.1) is 21.6 Å². The molecule has 1 aromatic carbocycles. The third-order valence-electron chi connectivity index (χ3n) is 5.33. The zero-order chi connectivity index (χ0) is 20.4. The van der Waals surface area contributed by atoms with Crippen LogP contribution in [0.2, 0.25) is 0 Å². The zero-order valence-electron chi connectivity index (χ0n) is 16.6. The molecule has 0 radical (unpaired) electrons. The first kappa shape index (κ1) is 22.2. The molecular formula is C22H24ClFN4OS. The van der Waals surface area contributed by atoms with Crippen molar-refractivity contribution >= 4 is 35.7 Å². The summed E-state index contributed by atoms with van der Waals surface area (Å²) in [6.07, 6.45) is 4.37. The van der Waals surface area contributed by atoms with Gasteiger partial charge in [0.1, 0.15) is 5.82 Å². The molecule has 158 valence electrons. The zero-order valence-corrected chi connectivity index (χ0v) is 18.2. The molecule has 30 heavy (non-hydrogen) atoms. The molecule has 2 N–H and O–H groups in total. The number of aryl methyl sites for hydroxylation is 1. The van der Waals surface area contributed by atoms with Gasteiger partial charge in [0.15, 0.2) is 0 Å². The van der Waals surface area contributed by atoms with Gasteiger partial charge in [0.2, 0.25) is 0 Å². The van der Waals surface area contributed by atoms with E-state index < -0.39 is 0 Å². The van der Waals surface area contributed by atoms with Crippen LogP contribution < -0.4 is 10.6 Å². The van der Waals surface area contributed by atoms with Gasteiger partial charge in [-0.15, -0.1) is 23.7 Å². The van der Waals surface area contributed by atoms with Gasteiger partial charge in [-0.25, -0.2) is 4.39 Å². The number of aromatic nitrogens is 2. The lowest BCUT2D eigenvalue weighted by molar-refractivity contribution is 0.0928. The lowest BCUT2D eigenvalue weighted by Crippen LogP contribution is -2.49. The minimum atomic E-state index is -0.247. The van der Waals surface area contributed by atoms with Gasteiger partial charge in [0, 0.05) is 31.1 Å². The number of amides is 1. The first-order chi connectivity index (χ1) is 14.1. The van der Waals surface area contributed by atoms with Gasteiger partial charge >= 0.3 is 0 Å². The van der Waals surface area contributed by atoms with E-state index in [4.69, 9.17) is 0 Å². The minimum absolute atomic E-state index is 0. The Hall–Kier alpha value is -2.48. The molecule has 0 bridgehead atoms. The topological polar surface area (TPSA) is 59.0 Å². The number of carbonyl (C=O) groups is 1. The summed E-state index contributed by atoms with van der Waals surface area (Å²) in [4.78, 5) is 14.5. The summed E-state index contributed by atoms with van der Waals surface area (Å²) in [7, 11) is 1.87. The van der Waals surface area contributed by atoms with E-state index in [1.165, 1.54) is 17.4 Å². The van der Waals surface area contributed by atoms with Crippen LogP contribution in [-0.4, -0.2) is 34.8 Å². The smallest absolute Gasteiger partial charge is 0.261 e. The van der Waals surface area contributed by atoms with Crippen molar-refractivity contribution < 1.29 is 9.18 Å². The van der Waals surface area contributed by atoms with Crippen LogP contribution in [0, 0.1) is 5.82 Å². The fourth-order valence-electron chi connectivity index (χ4n) is 3.88. The van der Waals surface area contributed by atoms with Crippen LogP contribution in [0.5, 0.6) is 0 Å². The first-order valence-corrected chi connectivity index (χ1v) is 10.4. The second-order valence-electron chi connectivity index (χ2n) is 7.17. The van der Waals surface area contributed by atoms with Gasteiger partial charge in [-0.05, 0) is 42.8 Å². The van der Waals surface area contributed by atoms with Gasteiger partial charge in [-0.2, -0.15) is 5.10 Å². The molecule has 3 heterocycles. The molecule has 0 spiro atoms. The van der Waals surface area contributed by atoms with Gasteiger partial charge in [0.25, 0.3) is 5.91 Å². The Morgan fingerprint density at radius 3 is 3.00 bits per heavy atom. The third kappa shape index (κ3) is 4.48. The van der Waals surface area contributed by atoms with Gasteiger partial charge in [-0.3, -0.25) is 9.48 Å². The van der Waals surface area contributed by atoms with Crippen molar-refractivity contribution in [2.75, 3.05) is 13.1 Å². The number of hydrogen-bond donors (Lipinski definition) is 2. The molecule has 2 aromatic heterocycles. The number of halogens is 2.